The zero-order valence-corrected chi connectivity index (χ0v) is 15.3. The molecule has 2 aliphatic heterocycles. The van der Waals surface area contributed by atoms with Crippen molar-refractivity contribution in [3.63, 3.8) is 0 Å². The third-order valence-electron chi connectivity index (χ3n) is 6.44. The molecule has 132 valence electrons. The fourth-order valence-electron chi connectivity index (χ4n) is 5.29. The number of benzene rings is 2. The largest absolute Gasteiger partial charge is 0.309 e. The molecule has 1 aliphatic carbocycles. The Morgan fingerprint density at radius 1 is 0.607 bits per heavy atom. The van der Waals surface area contributed by atoms with Gasteiger partial charge in [-0.15, -0.1) is 0 Å². The van der Waals surface area contributed by atoms with Crippen molar-refractivity contribution in [3.05, 3.63) is 101 Å². The molecule has 0 saturated heterocycles. The maximum Gasteiger partial charge on any atom is 0.0563 e. The molecule has 0 amide bonds. The minimum atomic E-state index is 0.903. The number of pyridine rings is 2. The summed E-state index contributed by atoms with van der Waals surface area (Å²) in [6, 6.07) is 15.6. The molecule has 0 N–H and O–H groups in total. The molecule has 0 unspecified atom stereocenters. The van der Waals surface area contributed by atoms with Gasteiger partial charge in [-0.25, -0.2) is 0 Å². The van der Waals surface area contributed by atoms with Gasteiger partial charge in [0.2, 0.25) is 0 Å². The van der Waals surface area contributed by atoms with Gasteiger partial charge < -0.3 is 4.90 Å². The minimum absolute atomic E-state index is 0.903. The molecule has 0 radical (unpaired) electrons. The lowest BCUT2D eigenvalue weighted by Crippen LogP contribution is -2.26. The van der Waals surface area contributed by atoms with Gasteiger partial charge in [0.1, 0.15) is 0 Å². The molecule has 28 heavy (non-hydrogen) atoms. The quantitative estimate of drug-likeness (QED) is 0.367. The molecule has 3 nitrogen and oxygen atoms in total. The molecule has 0 spiro atoms. The normalized spacial score (nSPS) is 14.6. The Hall–Kier alpha value is -3.46. The number of hydrogen-bond donors (Lipinski definition) is 0. The highest BCUT2D eigenvalue weighted by Gasteiger charge is 2.35. The van der Waals surface area contributed by atoms with Gasteiger partial charge in [0.25, 0.3) is 0 Å². The topological polar surface area (TPSA) is 29.0 Å². The van der Waals surface area contributed by atoms with Crippen LogP contribution in [0.15, 0.2) is 67.3 Å². The van der Waals surface area contributed by atoms with Crippen molar-refractivity contribution < 1.29 is 0 Å². The monoisotopic (exact) mass is 359 g/mol. The zero-order valence-electron chi connectivity index (χ0n) is 15.3. The van der Waals surface area contributed by atoms with Gasteiger partial charge >= 0.3 is 0 Å². The molecule has 4 heterocycles. The number of anilines is 3. The van der Waals surface area contributed by atoms with E-state index in [1.807, 2.05) is 24.8 Å². The number of aromatic nitrogens is 2. The summed E-state index contributed by atoms with van der Waals surface area (Å²) in [6.07, 6.45) is 10.9. The third kappa shape index (κ3) is 1.74. The maximum atomic E-state index is 4.54. The predicted molar refractivity (Wildman–Crippen MR) is 111 cm³/mol. The lowest BCUT2D eigenvalue weighted by molar-refractivity contribution is 0.969. The van der Waals surface area contributed by atoms with Gasteiger partial charge in [-0.1, -0.05) is 36.4 Å². The zero-order chi connectivity index (χ0) is 18.2. The van der Waals surface area contributed by atoms with E-state index in [0.29, 0.717) is 0 Å². The highest BCUT2D eigenvalue weighted by molar-refractivity contribution is 5.94. The van der Waals surface area contributed by atoms with E-state index >= 15 is 0 Å². The van der Waals surface area contributed by atoms with Crippen LogP contribution >= 0.6 is 0 Å². The maximum absolute atomic E-state index is 4.54. The molecule has 4 aromatic rings. The third-order valence-corrected chi connectivity index (χ3v) is 6.44. The van der Waals surface area contributed by atoms with E-state index in [2.05, 4.69) is 57.3 Å². The number of rotatable bonds is 0. The van der Waals surface area contributed by atoms with Crippen molar-refractivity contribution in [1.29, 1.82) is 0 Å². The van der Waals surface area contributed by atoms with Crippen molar-refractivity contribution >= 4 is 17.1 Å². The average Bonchev–Trinajstić information content (AvgIpc) is 3.12. The SMILES string of the molecule is c1ccc2c(c1)Cc1c-2ccc2c1N1c3ccncc3Cc3cncc(c31)C2. The first-order valence-corrected chi connectivity index (χ1v) is 9.80. The van der Waals surface area contributed by atoms with Crippen LogP contribution < -0.4 is 4.90 Å². The second-order valence-corrected chi connectivity index (χ2v) is 7.93. The lowest BCUT2D eigenvalue weighted by atomic mass is 9.86. The first-order valence-electron chi connectivity index (χ1n) is 9.80. The first-order chi connectivity index (χ1) is 13.9. The Kier molecular flexibility index (Phi) is 2.64. The first kappa shape index (κ1) is 14.6. The number of fused-ring (bicyclic) bond motifs is 8. The molecule has 0 atom stereocenters. The second kappa shape index (κ2) is 5.08. The van der Waals surface area contributed by atoms with Crippen LogP contribution in [0.3, 0.4) is 0 Å². The van der Waals surface area contributed by atoms with Crippen LogP contribution in [-0.4, -0.2) is 9.97 Å². The van der Waals surface area contributed by atoms with Gasteiger partial charge in [-0.2, -0.15) is 0 Å². The molecular formula is C25H17N3. The van der Waals surface area contributed by atoms with Gasteiger partial charge in [0.15, 0.2) is 0 Å². The van der Waals surface area contributed by atoms with Crippen LogP contribution in [-0.2, 0) is 19.3 Å². The molecule has 0 saturated carbocycles. The Bertz CT molecular complexity index is 1290. The van der Waals surface area contributed by atoms with E-state index in [-0.39, 0.29) is 0 Å². The lowest BCUT2D eigenvalue weighted by Gasteiger charge is -2.40. The van der Waals surface area contributed by atoms with E-state index in [9.17, 15) is 0 Å². The van der Waals surface area contributed by atoms with Crippen LogP contribution in [0, 0.1) is 0 Å². The van der Waals surface area contributed by atoms with E-state index in [0.717, 1.165) is 19.3 Å². The standard InChI is InChI=1S/C25H17N3/c1-2-4-20-15(3-1)11-22-21(20)6-5-16-9-18-13-27-14-19-10-17-12-26-8-7-23(17)28(24(18)19)25(16)22/h1-8,12-14H,9-11H2. The molecule has 3 heteroatoms. The van der Waals surface area contributed by atoms with Crippen LogP contribution in [0.1, 0.15) is 33.4 Å². The Morgan fingerprint density at radius 3 is 2.36 bits per heavy atom. The summed E-state index contributed by atoms with van der Waals surface area (Å²) in [5, 5.41) is 0. The fourth-order valence-corrected chi connectivity index (χ4v) is 5.29. The Morgan fingerprint density at radius 2 is 1.43 bits per heavy atom. The predicted octanol–water partition coefficient (Wildman–Crippen LogP) is 5.33. The van der Waals surface area contributed by atoms with Gasteiger partial charge in [0.05, 0.1) is 17.1 Å². The van der Waals surface area contributed by atoms with E-state index in [1.54, 1.807) is 0 Å². The molecule has 7 rings (SSSR count). The van der Waals surface area contributed by atoms with Crippen LogP contribution in [0.25, 0.3) is 11.1 Å². The van der Waals surface area contributed by atoms with Crippen molar-refractivity contribution in [2.24, 2.45) is 0 Å². The van der Waals surface area contributed by atoms with Crippen LogP contribution in [0.2, 0.25) is 0 Å². The van der Waals surface area contributed by atoms with Crippen molar-refractivity contribution in [2.45, 2.75) is 19.3 Å². The highest BCUT2D eigenvalue weighted by Crippen LogP contribution is 2.54. The molecule has 3 aliphatic rings. The molecule has 2 aromatic carbocycles. The summed E-state index contributed by atoms with van der Waals surface area (Å²) >= 11 is 0. The van der Waals surface area contributed by atoms with E-state index in [1.165, 1.54) is 61.6 Å². The smallest absolute Gasteiger partial charge is 0.0563 e. The summed E-state index contributed by atoms with van der Waals surface area (Å²) in [5.41, 5.74) is 14.9. The second-order valence-electron chi connectivity index (χ2n) is 7.93. The van der Waals surface area contributed by atoms with Gasteiger partial charge in [-0.05, 0) is 50.6 Å². The van der Waals surface area contributed by atoms with E-state index in [4.69, 9.17) is 0 Å². The van der Waals surface area contributed by atoms with Gasteiger partial charge in [0, 0.05) is 44.0 Å². The van der Waals surface area contributed by atoms with Crippen molar-refractivity contribution in [2.75, 3.05) is 4.90 Å². The molecule has 0 bridgehead atoms. The summed E-state index contributed by atoms with van der Waals surface area (Å²) in [4.78, 5) is 11.4. The summed E-state index contributed by atoms with van der Waals surface area (Å²) < 4.78 is 0. The number of hydrogen-bond acceptors (Lipinski definition) is 3. The summed E-state index contributed by atoms with van der Waals surface area (Å²) in [6.45, 7) is 0. The molecular weight excluding hydrogens is 342 g/mol. The molecule has 2 aromatic heterocycles. The highest BCUT2D eigenvalue weighted by atomic mass is 15.2. The Balaban J connectivity index is 1.56. The van der Waals surface area contributed by atoms with Crippen LogP contribution in [0.5, 0.6) is 0 Å². The van der Waals surface area contributed by atoms with E-state index < -0.39 is 0 Å². The van der Waals surface area contributed by atoms with Crippen molar-refractivity contribution in [1.82, 2.24) is 9.97 Å². The molecule has 0 fully saturated rings. The summed E-state index contributed by atoms with van der Waals surface area (Å²) in [7, 11) is 0. The fraction of sp³-hybridized carbons (Fsp3) is 0.120. The van der Waals surface area contributed by atoms with Crippen LogP contribution in [0.4, 0.5) is 17.1 Å². The van der Waals surface area contributed by atoms with Crippen molar-refractivity contribution in [3.8, 4) is 11.1 Å². The number of nitrogens with zero attached hydrogens (tertiary/aromatic N) is 3. The Labute approximate surface area is 163 Å². The summed E-state index contributed by atoms with van der Waals surface area (Å²) in [5.74, 6) is 0. The average molecular weight is 359 g/mol. The minimum Gasteiger partial charge on any atom is -0.309 e. The van der Waals surface area contributed by atoms with Gasteiger partial charge in [-0.3, -0.25) is 9.97 Å².